The minimum absolute atomic E-state index is 0.0209. The Morgan fingerprint density at radius 2 is 2.14 bits per heavy atom. The predicted molar refractivity (Wildman–Crippen MR) is 77.4 cm³/mol. The number of benzene rings is 1. The van der Waals surface area contributed by atoms with Crippen LogP contribution < -0.4 is 10.6 Å². The molecule has 2 amide bonds. The van der Waals surface area contributed by atoms with Gasteiger partial charge in [0.15, 0.2) is 0 Å². The third-order valence-corrected chi connectivity index (χ3v) is 4.73. The van der Waals surface area contributed by atoms with Crippen molar-refractivity contribution in [3.05, 3.63) is 35.1 Å². The zero-order chi connectivity index (χ0) is 14.9. The number of halogens is 1. The van der Waals surface area contributed by atoms with E-state index >= 15 is 0 Å². The molecular formula is C16H21FN2O2. The van der Waals surface area contributed by atoms with E-state index in [1.165, 1.54) is 6.07 Å². The van der Waals surface area contributed by atoms with Crippen molar-refractivity contribution in [1.82, 2.24) is 10.6 Å². The van der Waals surface area contributed by atoms with Gasteiger partial charge < -0.3 is 15.7 Å². The molecule has 1 saturated carbocycles. The summed E-state index contributed by atoms with van der Waals surface area (Å²) in [6.45, 7) is -0.0209. The summed E-state index contributed by atoms with van der Waals surface area (Å²) in [6.07, 6.45) is 5.28. The molecule has 1 atom stereocenters. The zero-order valence-corrected chi connectivity index (χ0v) is 12.0. The van der Waals surface area contributed by atoms with E-state index in [0.29, 0.717) is 0 Å². The first-order chi connectivity index (χ1) is 10.1. The highest BCUT2D eigenvalue weighted by Crippen LogP contribution is 2.32. The van der Waals surface area contributed by atoms with Gasteiger partial charge in [-0.15, -0.1) is 0 Å². The van der Waals surface area contributed by atoms with Crippen molar-refractivity contribution < 1.29 is 14.3 Å². The van der Waals surface area contributed by atoms with Crippen molar-refractivity contribution in [3.8, 4) is 0 Å². The Morgan fingerprint density at radius 3 is 2.86 bits per heavy atom. The van der Waals surface area contributed by atoms with E-state index in [4.69, 9.17) is 0 Å². The Bertz CT molecular complexity index is 541. The molecule has 0 bridgehead atoms. The standard InChI is InChI=1S/C16H21FN2O2/c17-12-4-5-13-11(9-12)3-6-14(13)18-15(21)19-16(10-20)7-1-2-8-16/h4-5,9,14,20H,1-3,6-8,10H2,(H2,18,19,21). The minimum atomic E-state index is -0.464. The van der Waals surface area contributed by atoms with Gasteiger partial charge in [-0.05, 0) is 48.9 Å². The number of aliphatic hydroxyl groups is 1. The molecule has 4 nitrogen and oxygen atoms in total. The Kier molecular flexibility index (Phi) is 3.85. The second kappa shape index (κ2) is 5.64. The van der Waals surface area contributed by atoms with Crippen molar-refractivity contribution in [2.75, 3.05) is 6.61 Å². The van der Waals surface area contributed by atoms with Crippen LogP contribution in [0.15, 0.2) is 18.2 Å². The van der Waals surface area contributed by atoms with Crippen molar-refractivity contribution in [2.45, 2.75) is 50.1 Å². The van der Waals surface area contributed by atoms with E-state index in [1.807, 2.05) is 0 Å². The van der Waals surface area contributed by atoms with E-state index in [0.717, 1.165) is 49.7 Å². The molecule has 21 heavy (non-hydrogen) atoms. The number of aliphatic hydroxyl groups excluding tert-OH is 1. The van der Waals surface area contributed by atoms with Gasteiger partial charge in [-0.25, -0.2) is 9.18 Å². The normalized spacial score (nSPS) is 22.9. The maximum absolute atomic E-state index is 13.2. The van der Waals surface area contributed by atoms with E-state index in [1.54, 1.807) is 12.1 Å². The summed E-state index contributed by atoms with van der Waals surface area (Å²) in [4.78, 5) is 12.2. The third-order valence-electron chi connectivity index (χ3n) is 4.73. The van der Waals surface area contributed by atoms with Crippen LogP contribution in [-0.4, -0.2) is 23.3 Å². The van der Waals surface area contributed by atoms with E-state index in [2.05, 4.69) is 10.6 Å². The van der Waals surface area contributed by atoms with Crippen LogP contribution in [0.3, 0.4) is 0 Å². The smallest absolute Gasteiger partial charge is 0.315 e. The van der Waals surface area contributed by atoms with Crippen molar-refractivity contribution >= 4 is 6.03 Å². The van der Waals surface area contributed by atoms with Crippen LogP contribution in [0.25, 0.3) is 0 Å². The first kappa shape index (κ1) is 14.3. The number of hydrogen-bond donors (Lipinski definition) is 3. The predicted octanol–water partition coefficient (Wildman–Crippen LogP) is 2.42. The van der Waals surface area contributed by atoms with Crippen molar-refractivity contribution in [1.29, 1.82) is 0 Å². The summed E-state index contributed by atoms with van der Waals surface area (Å²) in [7, 11) is 0. The number of hydrogen-bond acceptors (Lipinski definition) is 2. The average molecular weight is 292 g/mol. The van der Waals surface area contributed by atoms with Gasteiger partial charge in [-0.1, -0.05) is 18.9 Å². The zero-order valence-electron chi connectivity index (χ0n) is 12.0. The number of rotatable bonds is 3. The van der Waals surface area contributed by atoms with Crippen molar-refractivity contribution in [3.63, 3.8) is 0 Å². The lowest BCUT2D eigenvalue weighted by Crippen LogP contribution is -2.53. The van der Waals surface area contributed by atoms with Crippen LogP contribution in [0.5, 0.6) is 0 Å². The third kappa shape index (κ3) is 2.88. The highest BCUT2D eigenvalue weighted by Gasteiger charge is 2.35. The molecule has 2 aliphatic rings. The van der Waals surface area contributed by atoms with Gasteiger partial charge in [0.2, 0.25) is 0 Å². The SMILES string of the molecule is O=C(NC1CCc2cc(F)ccc21)NC1(CO)CCCC1. The summed E-state index contributed by atoms with van der Waals surface area (Å²) in [5, 5.41) is 15.4. The fourth-order valence-corrected chi connectivity index (χ4v) is 3.55. The molecule has 1 aromatic carbocycles. The maximum atomic E-state index is 13.2. The Balaban J connectivity index is 1.64. The molecule has 1 aromatic rings. The number of carbonyl (C=O) groups is 1. The summed E-state index contributed by atoms with van der Waals surface area (Å²) in [5.41, 5.74) is 1.50. The number of carbonyl (C=O) groups excluding carboxylic acids is 1. The molecule has 1 fully saturated rings. The van der Waals surface area contributed by atoms with Gasteiger partial charge in [0.25, 0.3) is 0 Å². The van der Waals surface area contributed by atoms with Crippen LogP contribution in [0.4, 0.5) is 9.18 Å². The molecule has 0 spiro atoms. The molecular weight excluding hydrogens is 271 g/mol. The van der Waals surface area contributed by atoms with Gasteiger partial charge in [-0.2, -0.15) is 0 Å². The van der Waals surface area contributed by atoms with Crippen molar-refractivity contribution in [2.24, 2.45) is 0 Å². The highest BCUT2D eigenvalue weighted by atomic mass is 19.1. The van der Waals surface area contributed by atoms with Gasteiger partial charge in [0, 0.05) is 0 Å². The lowest BCUT2D eigenvalue weighted by Gasteiger charge is -2.29. The molecule has 3 N–H and O–H groups in total. The quantitative estimate of drug-likeness (QED) is 0.801. The molecule has 0 radical (unpaired) electrons. The Labute approximate surface area is 123 Å². The maximum Gasteiger partial charge on any atom is 0.315 e. The van der Waals surface area contributed by atoms with Gasteiger partial charge in [-0.3, -0.25) is 0 Å². The fourth-order valence-electron chi connectivity index (χ4n) is 3.55. The molecule has 0 saturated heterocycles. The van der Waals surface area contributed by atoms with Crippen LogP contribution >= 0.6 is 0 Å². The fraction of sp³-hybridized carbons (Fsp3) is 0.562. The van der Waals surface area contributed by atoms with Gasteiger partial charge in [0.1, 0.15) is 5.82 Å². The number of aryl methyl sites for hydroxylation is 1. The highest BCUT2D eigenvalue weighted by molar-refractivity contribution is 5.75. The topological polar surface area (TPSA) is 61.4 Å². The summed E-state index contributed by atoms with van der Waals surface area (Å²) in [6, 6.07) is 4.41. The number of urea groups is 1. The van der Waals surface area contributed by atoms with E-state index < -0.39 is 5.54 Å². The number of fused-ring (bicyclic) bond motifs is 1. The van der Waals surface area contributed by atoms with Crippen LogP contribution in [0.1, 0.15) is 49.3 Å². The Hall–Kier alpha value is -1.62. The van der Waals surface area contributed by atoms with Crippen LogP contribution in [0, 0.1) is 5.82 Å². The second-order valence-corrected chi connectivity index (χ2v) is 6.18. The van der Waals surface area contributed by atoms with E-state index in [-0.39, 0.29) is 24.5 Å². The Morgan fingerprint density at radius 1 is 1.38 bits per heavy atom. The van der Waals surface area contributed by atoms with Gasteiger partial charge in [0.05, 0.1) is 18.2 Å². The molecule has 0 heterocycles. The summed E-state index contributed by atoms with van der Waals surface area (Å²) < 4.78 is 13.2. The number of nitrogens with one attached hydrogen (secondary N) is 2. The minimum Gasteiger partial charge on any atom is -0.394 e. The monoisotopic (exact) mass is 292 g/mol. The molecule has 0 aliphatic heterocycles. The molecule has 0 aromatic heterocycles. The molecule has 114 valence electrons. The van der Waals surface area contributed by atoms with Crippen LogP contribution in [-0.2, 0) is 6.42 Å². The molecule has 2 aliphatic carbocycles. The molecule has 3 rings (SSSR count). The largest absolute Gasteiger partial charge is 0.394 e. The second-order valence-electron chi connectivity index (χ2n) is 6.18. The number of amides is 2. The summed E-state index contributed by atoms with van der Waals surface area (Å²) in [5.74, 6) is -0.232. The molecule has 5 heteroatoms. The van der Waals surface area contributed by atoms with E-state index in [9.17, 15) is 14.3 Å². The first-order valence-electron chi connectivity index (χ1n) is 7.60. The lowest BCUT2D eigenvalue weighted by atomic mass is 9.99. The summed E-state index contributed by atoms with van der Waals surface area (Å²) >= 11 is 0. The van der Waals surface area contributed by atoms with Gasteiger partial charge >= 0.3 is 6.03 Å². The average Bonchev–Trinajstić information content (AvgIpc) is 3.07. The lowest BCUT2D eigenvalue weighted by molar-refractivity contribution is 0.161. The first-order valence-corrected chi connectivity index (χ1v) is 7.60. The molecule has 1 unspecified atom stereocenters. The van der Waals surface area contributed by atoms with Crippen LogP contribution in [0.2, 0.25) is 0 Å².